The van der Waals surface area contributed by atoms with Gasteiger partial charge in [0.25, 0.3) is 0 Å². The molecule has 2 unspecified atom stereocenters. The Morgan fingerprint density at radius 3 is 2.53 bits per heavy atom. The third kappa shape index (κ3) is 3.90. The van der Waals surface area contributed by atoms with Gasteiger partial charge in [0, 0.05) is 0 Å². The van der Waals surface area contributed by atoms with Crippen molar-refractivity contribution in [2.45, 2.75) is 26.3 Å². The number of ether oxygens (including phenoxy) is 1. The molecule has 1 aromatic carbocycles. The van der Waals surface area contributed by atoms with Crippen LogP contribution in [0.3, 0.4) is 0 Å². The molecule has 0 saturated heterocycles. The van der Waals surface area contributed by atoms with Crippen LogP contribution in [0.5, 0.6) is 5.75 Å². The molecule has 1 aromatic rings. The second-order valence-electron chi connectivity index (χ2n) is 3.78. The molecule has 2 atom stereocenters. The van der Waals surface area contributed by atoms with Crippen molar-refractivity contribution >= 4 is 0 Å². The first kappa shape index (κ1) is 12.0. The molecule has 0 heterocycles. The van der Waals surface area contributed by atoms with Crippen LogP contribution in [0.1, 0.15) is 20.3 Å². The van der Waals surface area contributed by atoms with Gasteiger partial charge >= 0.3 is 0 Å². The zero-order chi connectivity index (χ0) is 11.1. The van der Waals surface area contributed by atoms with E-state index in [0.29, 0.717) is 12.5 Å². The number of benzene rings is 1. The normalized spacial score (nSPS) is 14.6. The van der Waals surface area contributed by atoms with E-state index in [1.165, 1.54) is 0 Å². The van der Waals surface area contributed by atoms with Gasteiger partial charge in [-0.2, -0.15) is 0 Å². The fourth-order valence-electron chi connectivity index (χ4n) is 1.36. The number of nitrogens with one attached hydrogen (secondary N) is 1. The first-order chi connectivity index (χ1) is 7.27. The fourth-order valence-corrected chi connectivity index (χ4v) is 1.36. The predicted molar refractivity (Wildman–Crippen MR) is 62.5 cm³/mol. The minimum Gasteiger partial charge on any atom is -0.492 e. The predicted octanol–water partition coefficient (Wildman–Crippen LogP) is 1.94. The monoisotopic (exact) mass is 208 g/mol. The maximum absolute atomic E-state index is 5.64. The molecule has 3 N–H and O–H groups in total. The third-order valence-electron chi connectivity index (χ3n) is 2.72. The summed E-state index contributed by atoms with van der Waals surface area (Å²) in [7, 11) is 0. The van der Waals surface area contributed by atoms with E-state index in [2.05, 4.69) is 19.3 Å². The maximum Gasteiger partial charge on any atom is 0.119 e. The van der Waals surface area contributed by atoms with E-state index < -0.39 is 0 Å². The molecule has 0 aromatic heterocycles. The minimum atomic E-state index is 0.204. The topological polar surface area (TPSA) is 47.3 Å². The Balaban J connectivity index is 2.41. The van der Waals surface area contributed by atoms with Crippen LogP contribution in [0.2, 0.25) is 0 Å². The quantitative estimate of drug-likeness (QED) is 0.555. The molecule has 84 valence electrons. The minimum absolute atomic E-state index is 0.204. The van der Waals surface area contributed by atoms with Gasteiger partial charge in [0.05, 0.1) is 6.04 Å². The molecule has 0 aliphatic carbocycles. The Kier molecular flexibility index (Phi) is 5.15. The molecular formula is C12H20N2O. The summed E-state index contributed by atoms with van der Waals surface area (Å²) in [6.45, 7) is 4.92. The van der Waals surface area contributed by atoms with Crippen LogP contribution in [-0.4, -0.2) is 12.6 Å². The number of nitrogens with two attached hydrogens (primary N) is 1. The van der Waals surface area contributed by atoms with E-state index in [1.54, 1.807) is 0 Å². The van der Waals surface area contributed by atoms with E-state index in [1.807, 2.05) is 30.3 Å². The summed E-state index contributed by atoms with van der Waals surface area (Å²) in [6, 6.07) is 10.00. The zero-order valence-corrected chi connectivity index (χ0v) is 9.44. The van der Waals surface area contributed by atoms with E-state index in [0.717, 1.165) is 12.2 Å². The summed E-state index contributed by atoms with van der Waals surface area (Å²) in [5.74, 6) is 6.89. The highest BCUT2D eigenvalue weighted by molar-refractivity contribution is 5.20. The van der Waals surface area contributed by atoms with Crippen molar-refractivity contribution in [1.82, 2.24) is 5.43 Å². The molecule has 15 heavy (non-hydrogen) atoms. The molecule has 0 radical (unpaired) electrons. The Morgan fingerprint density at radius 2 is 2.00 bits per heavy atom. The maximum atomic E-state index is 5.64. The SMILES string of the molecule is CCC(C)C(COc1ccccc1)NN. The second kappa shape index (κ2) is 6.43. The Labute approximate surface area is 91.6 Å². The highest BCUT2D eigenvalue weighted by Crippen LogP contribution is 2.12. The third-order valence-corrected chi connectivity index (χ3v) is 2.72. The number of hydrogen-bond donors (Lipinski definition) is 2. The lowest BCUT2D eigenvalue weighted by Crippen LogP contribution is -2.43. The molecule has 0 fully saturated rings. The van der Waals surface area contributed by atoms with Gasteiger partial charge in [-0.25, -0.2) is 0 Å². The lowest BCUT2D eigenvalue weighted by molar-refractivity contribution is 0.221. The lowest BCUT2D eigenvalue weighted by Gasteiger charge is -2.22. The standard InChI is InChI=1S/C12H20N2O/c1-3-10(2)12(14-13)9-15-11-7-5-4-6-8-11/h4-8,10,12,14H,3,9,13H2,1-2H3. The number of hydrogen-bond acceptors (Lipinski definition) is 3. The number of para-hydroxylation sites is 1. The van der Waals surface area contributed by atoms with Crippen LogP contribution in [0.25, 0.3) is 0 Å². The highest BCUT2D eigenvalue weighted by Gasteiger charge is 2.14. The molecular weight excluding hydrogens is 188 g/mol. The van der Waals surface area contributed by atoms with Crippen molar-refractivity contribution in [1.29, 1.82) is 0 Å². The summed E-state index contributed by atoms with van der Waals surface area (Å²) < 4.78 is 5.64. The van der Waals surface area contributed by atoms with Crippen LogP contribution < -0.4 is 16.0 Å². The van der Waals surface area contributed by atoms with Crippen molar-refractivity contribution in [3.8, 4) is 5.75 Å². The van der Waals surface area contributed by atoms with Gasteiger partial charge in [-0.1, -0.05) is 38.5 Å². The Hall–Kier alpha value is -1.06. The largest absolute Gasteiger partial charge is 0.492 e. The van der Waals surface area contributed by atoms with Crippen LogP contribution >= 0.6 is 0 Å². The lowest BCUT2D eigenvalue weighted by atomic mass is 10.0. The van der Waals surface area contributed by atoms with Gasteiger partial charge in [0.1, 0.15) is 12.4 Å². The molecule has 0 bridgehead atoms. The average Bonchev–Trinajstić information content (AvgIpc) is 2.31. The zero-order valence-electron chi connectivity index (χ0n) is 9.44. The van der Waals surface area contributed by atoms with E-state index >= 15 is 0 Å². The van der Waals surface area contributed by atoms with E-state index in [4.69, 9.17) is 10.6 Å². The summed E-state index contributed by atoms with van der Waals surface area (Å²) in [5.41, 5.74) is 2.80. The second-order valence-corrected chi connectivity index (χ2v) is 3.78. The Morgan fingerprint density at radius 1 is 1.33 bits per heavy atom. The van der Waals surface area contributed by atoms with Gasteiger partial charge in [-0.3, -0.25) is 11.3 Å². The molecule has 1 rings (SSSR count). The van der Waals surface area contributed by atoms with Crippen LogP contribution in [-0.2, 0) is 0 Å². The summed E-state index contributed by atoms with van der Waals surface area (Å²) in [5, 5.41) is 0. The van der Waals surface area contributed by atoms with Crippen molar-refractivity contribution in [2.24, 2.45) is 11.8 Å². The van der Waals surface area contributed by atoms with Crippen LogP contribution in [0.15, 0.2) is 30.3 Å². The first-order valence-electron chi connectivity index (χ1n) is 5.42. The van der Waals surface area contributed by atoms with Crippen molar-refractivity contribution in [3.63, 3.8) is 0 Å². The van der Waals surface area contributed by atoms with E-state index in [9.17, 15) is 0 Å². The number of rotatable bonds is 6. The molecule has 0 aliphatic heterocycles. The summed E-state index contributed by atoms with van der Waals surface area (Å²) >= 11 is 0. The molecule has 0 spiro atoms. The molecule has 0 saturated carbocycles. The molecule has 3 nitrogen and oxygen atoms in total. The van der Waals surface area contributed by atoms with Crippen molar-refractivity contribution in [3.05, 3.63) is 30.3 Å². The van der Waals surface area contributed by atoms with Crippen molar-refractivity contribution < 1.29 is 4.74 Å². The fraction of sp³-hybridized carbons (Fsp3) is 0.500. The Bertz CT molecular complexity index is 264. The van der Waals surface area contributed by atoms with Gasteiger partial charge in [-0.05, 0) is 18.1 Å². The van der Waals surface area contributed by atoms with Crippen molar-refractivity contribution in [2.75, 3.05) is 6.61 Å². The summed E-state index contributed by atoms with van der Waals surface area (Å²) in [6.07, 6.45) is 1.09. The van der Waals surface area contributed by atoms with Crippen LogP contribution in [0, 0.1) is 5.92 Å². The van der Waals surface area contributed by atoms with Gasteiger partial charge in [-0.15, -0.1) is 0 Å². The molecule has 0 amide bonds. The van der Waals surface area contributed by atoms with Gasteiger partial charge < -0.3 is 4.74 Å². The highest BCUT2D eigenvalue weighted by atomic mass is 16.5. The smallest absolute Gasteiger partial charge is 0.119 e. The van der Waals surface area contributed by atoms with E-state index in [-0.39, 0.29) is 6.04 Å². The molecule has 3 heteroatoms. The first-order valence-corrected chi connectivity index (χ1v) is 5.42. The van der Waals surface area contributed by atoms with Gasteiger partial charge in [0.2, 0.25) is 0 Å². The summed E-state index contributed by atoms with van der Waals surface area (Å²) in [4.78, 5) is 0. The van der Waals surface area contributed by atoms with Gasteiger partial charge in [0.15, 0.2) is 0 Å². The molecule has 0 aliphatic rings. The average molecular weight is 208 g/mol. The van der Waals surface area contributed by atoms with Crippen LogP contribution in [0.4, 0.5) is 0 Å². The number of hydrazine groups is 1.